The maximum absolute atomic E-state index is 10.9. The molecule has 0 aromatic carbocycles. The molecule has 0 rings (SSSR count). The number of hydrogen-bond donors (Lipinski definition) is 2. The van der Waals surface area contributed by atoms with Gasteiger partial charge in [0.15, 0.2) is 0 Å². The molecule has 0 spiro atoms. The van der Waals surface area contributed by atoms with Gasteiger partial charge in [0.1, 0.15) is 18.3 Å². The second kappa shape index (κ2) is 7.19. The molecule has 6 nitrogen and oxygen atoms in total. The first-order valence-corrected chi connectivity index (χ1v) is 5.07. The summed E-state index contributed by atoms with van der Waals surface area (Å²) in [5.74, 6) is -1.43. The fourth-order valence-corrected chi connectivity index (χ4v) is 0.802. The van der Waals surface area contributed by atoms with Crippen LogP contribution in [0.1, 0.15) is 27.2 Å². The fraction of sp³-hybridized carbons (Fsp3) is 0.800. The summed E-state index contributed by atoms with van der Waals surface area (Å²) in [5, 5.41) is 17.7. The van der Waals surface area contributed by atoms with Gasteiger partial charge >= 0.3 is 11.9 Å². The molecule has 0 aliphatic carbocycles. The van der Waals surface area contributed by atoms with Gasteiger partial charge in [0.25, 0.3) is 0 Å². The summed E-state index contributed by atoms with van der Waals surface area (Å²) in [6.45, 7) is 4.29. The van der Waals surface area contributed by atoms with Crippen molar-refractivity contribution in [2.45, 2.75) is 45.5 Å². The Morgan fingerprint density at radius 1 is 1.06 bits per heavy atom. The molecule has 94 valence electrons. The van der Waals surface area contributed by atoms with Crippen molar-refractivity contribution >= 4 is 11.9 Å². The molecule has 0 aliphatic heterocycles. The minimum atomic E-state index is -1.16. The number of hydrogen-bond acceptors (Lipinski definition) is 6. The highest BCUT2D eigenvalue weighted by Gasteiger charge is 2.15. The van der Waals surface area contributed by atoms with Crippen molar-refractivity contribution in [2.75, 3.05) is 6.61 Å². The molecular formula is C10H18O6. The van der Waals surface area contributed by atoms with Crippen molar-refractivity contribution in [1.82, 2.24) is 0 Å². The predicted octanol–water partition coefficient (Wildman–Crippen LogP) is -0.387. The van der Waals surface area contributed by atoms with E-state index in [9.17, 15) is 9.59 Å². The Morgan fingerprint density at radius 2 is 1.56 bits per heavy atom. The third-order valence-corrected chi connectivity index (χ3v) is 1.77. The fourth-order valence-electron chi connectivity index (χ4n) is 0.802. The monoisotopic (exact) mass is 234 g/mol. The maximum atomic E-state index is 10.9. The van der Waals surface area contributed by atoms with Gasteiger partial charge in [-0.25, -0.2) is 9.59 Å². The summed E-state index contributed by atoms with van der Waals surface area (Å²) < 4.78 is 9.48. The van der Waals surface area contributed by atoms with Crippen LogP contribution >= 0.6 is 0 Å². The first-order chi connectivity index (χ1) is 7.34. The van der Waals surface area contributed by atoms with Gasteiger partial charge in [-0.05, 0) is 20.8 Å². The zero-order chi connectivity index (χ0) is 12.7. The minimum Gasteiger partial charge on any atom is -0.464 e. The highest BCUT2D eigenvalue weighted by molar-refractivity contribution is 5.74. The standard InChI is InChI=1S/C10H18O6/c1-6(16-10(14)8(3)12)4-5-15-9(13)7(2)11/h6-8,11-12H,4-5H2,1-3H3/t6-,7-,8-/m1/s1. The Bertz CT molecular complexity index is 235. The summed E-state index contributed by atoms with van der Waals surface area (Å²) in [6, 6.07) is 0. The molecule has 0 saturated carbocycles. The van der Waals surface area contributed by atoms with Gasteiger partial charge in [-0.1, -0.05) is 0 Å². The summed E-state index contributed by atoms with van der Waals surface area (Å²) in [6.07, 6.45) is -2.46. The van der Waals surface area contributed by atoms with Gasteiger partial charge in [0.05, 0.1) is 6.61 Å². The molecule has 0 heterocycles. The Kier molecular flexibility index (Phi) is 6.67. The molecule has 3 atom stereocenters. The topological polar surface area (TPSA) is 93.1 Å². The zero-order valence-electron chi connectivity index (χ0n) is 9.67. The van der Waals surface area contributed by atoms with Crippen LogP contribution < -0.4 is 0 Å². The van der Waals surface area contributed by atoms with Crippen molar-refractivity contribution in [2.24, 2.45) is 0 Å². The molecule has 0 aliphatic rings. The van der Waals surface area contributed by atoms with E-state index in [4.69, 9.17) is 14.9 Å². The number of carbonyl (C=O) groups is 2. The van der Waals surface area contributed by atoms with Gasteiger partial charge < -0.3 is 19.7 Å². The summed E-state index contributed by atoms with van der Waals surface area (Å²) >= 11 is 0. The van der Waals surface area contributed by atoms with Crippen LogP contribution in [0, 0.1) is 0 Å². The lowest BCUT2D eigenvalue weighted by Gasteiger charge is -2.14. The van der Waals surface area contributed by atoms with Crippen LogP contribution in [0.15, 0.2) is 0 Å². The Labute approximate surface area is 94.2 Å². The van der Waals surface area contributed by atoms with E-state index in [1.165, 1.54) is 13.8 Å². The van der Waals surface area contributed by atoms with Crippen LogP contribution in [-0.4, -0.2) is 47.1 Å². The highest BCUT2D eigenvalue weighted by Crippen LogP contribution is 2.01. The van der Waals surface area contributed by atoms with Gasteiger partial charge in [-0.2, -0.15) is 0 Å². The largest absolute Gasteiger partial charge is 0.464 e. The number of carbonyl (C=O) groups excluding carboxylic acids is 2. The Morgan fingerprint density at radius 3 is 2.00 bits per heavy atom. The van der Waals surface area contributed by atoms with Crippen molar-refractivity contribution in [3.8, 4) is 0 Å². The van der Waals surface area contributed by atoms with Crippen LogP contribution in [0.4, 0.5) is 0 Å². The van der Waals surface area contributed by atoms with Gasteiger partial charge in [0, 0.05) is 6.42 Å². The molecule has 0 radical (unpaired) electrons. The lowest BCUT2D eigenvalue weighted by atomic mass is 10.3. The second-order valence-corrected chi connectivity index (χ2v) is 3.56. The number of ether oxygens (including phenoxy) is 2. The molecule has 2 N–H and O–H groups in total. The van der Waals surface area contributed by atoms with E-state index in [0.717, 1.165) is 0 Å². The molecule has 0 aromatic heterocycles. The normalized spacial score (nSPS) is 16.1. The first kappa shape index (κ1) is 14.9. The van der Waals surface area contributed by atoms with E-state index in [1.807, 2.05) is 0 Å². The van der Waals surface area contributed by atoms with Crippen molar-refractivity contribution in [3.63, 3.8) is 0 Å². The summed E-state index contributed by atoms with van der Waals surface area (Å²) in [5.41, 5.74) is 0. The molecule has 0 unspecified atom stereocenters. The smallest absolute Gasteiger partial charge is 0.334 e. The van der Waals surface area contributed by atoms with Crippen LogP contribution in [0.5, 0.6) is 0 Å². The second-order valence-electron chi connectivity index (χ2n) is 3.56. The summed E-state index contributed by atoms with van der Waals surface area (Å²) in [4.78, 5) is 21.8. The first-order valence-electron chi connectivity index (χ1n) is 5.07. The molecule has 6 heteroatoms. The van der Waals surface area contributed by atoms with Crippen LogP contribution in [0.3, 0.4) is 0 Å². The number of aliphatic hydroxyl groups is 2. The van der Waals surface area contributed by atoms with Crippen LogP contribution in [0.2, 0.25) is 0 Å². The van der Waals surface area contributed by atoms with E-state index in [-0.39, 0.29) is 6.61 Å². The van der Waals surface area contributed by atoms with Crippen molar-refractivity contribution in [3.05, 3.63) is 0 Å². The predicted molar refractivity (Wildman–Crippen MR) is 54.5 cm³/mol. The van der Waals surface area contributed by atoms with Gasteiger partial charge in [-0.3, -0.25) is 0 Å². The van der Waals surface area contributed by atoms with E-state index in [2.05, 4.69) is 4.74 Å². The third-order valence-electron chi connectivity index (χ3n) is 1.77. The number of rotatable bonds is 6. The van der Waals surface area contributed by atoms with E-state index < -0.39 is 30.3 Å². The maximum Gasteiger partial charge on any atom is 0.334 e. The van der Waals surface area contributed by atoms with Crippen LogP contribution in [-0.2, 0) is 19.1 Å². The Hall–Kier alpha value is -1.14. The zero-order valence-corrected chi connectivity index (χ0v) is 9.67. The van der Waals surface area contributed by atoms with Crippen LogP contribution in [0.25, 0.3) is 0 Å². The highest BCUT2D eigenvalue weighted by atomic mass is 16.6. The molecular weight excluding hydrogens is 216 g/mol. The van der Waals surface area contributed by atoms with Gasteiger partial charge in [-0.15, -0.1) is 0 Å². The average molecular weight is 234 g/mol. The van der Waals surface area contributed by atoms with Gasteiger partial charge in [0.2, 0.25) is 0 Å². The minimum absolute atomic E-state index is 0.0536. The number of esters is 2. The molecule has 0 bridgehead atoms. The molecule has 0 saturated heterocycles. The number of aliphatic hydroxyl groups excluding tert-OH is 2. The molecule has 0 fully saturated rings. The molecule has 0 amide bonds. The van der Waals surface area contributed by atoms with Crippen molar-refractivity contribution < 1.29 is 29.3 Å². The third kappa shape index (κ3) is 6.36. The lowest BCUT2D eigenvalue weighted by molar-refractivity contribution is -0.159. The quantitative estimate of drug-likeness (QED) is 0.608. The molecule has 0 aromatic rings. The van der Waals surface area contributed by atoms with E-state index >= 15 is 0 Å². The Balaban J connectivity index is 3.70. The van der Waals surface area contributed by atoms with E-state index in [1.54, 1.807) is 6.92 Å². The summed E-state index contributed by atoms with van der Waals surface area (Å²) in [7, 11) is 0. The van der Waals surface area contributed by atoms with Crippen molar-refractivity contribution in [1.29, 1.82) is 0 Å². The SMILES string of the molecule is C[C@H](CCOC(=O)[C@@H](C)O)OC(=O)[C@@H](C)O. The lowest BCUT2D eigenvalue weighted by Crippen LogP contribution is -2.26. The molecule has 16 heavy (non-hydrogen) atoms. The average Bonchev–Trinajstić information content (AvgIpc) is 2.16. The van der Waals surface area contributed by atoms with E-state index in [0.29, 0.717) is 6.42 Å².